The first-order valence-corrected chi connectivity index (χ1v) is 6.38. The zero-order chi connectivity index (χ0) is 13.8. The van der Waals surface area contributed by atoms with Gasteiger partial charge in [-0.3, -0.25) is 9.36 Å². The molecule has 0 radical (unpaired) electrons. The number of ketones is 1. The van der Waals surface area contributed by atoms with Gasteiger partial charge in [-0.1, -0.05) is 23.9 Å². The molecule has 0 aliphatic heterocycles. The second kappa shape index (κ2) is 5.54. The fourth-order valence-electron chi connectivity index (χ4n) is 1.41. The van der Waals surface area contributed by atoms with E-state index in [1.807, 2.05) is 6.07 Å². The molecule has 0 saturated heterocycles. The van der Waals surface area contributed by atoms with Crippen LogP contribution in [0.15, 0.2) is 34.2 Å². The van der Waals surface area contributed by atoms with Gasteiger partial charge in [0, 0.05) is 12.6 Å². The molecule has 1 heterocycles. The van der Waals surface area contributed by atoms with E-state index in [1.165, 1.54) is 16.3 Å². The molecule has 0 saturated carbocycles. The number of nitriles is 1. The fourth-order valence-corrected chi connectivity index (χ4v) is 2.22. The van der Waals surface area contributed by atoms with E-state index in [-0.39, 0.29) is 17.2 Å². The second-order valence-corrected chi connectivity index (χ2v) is 4.71. The van der Waals surface area contributed by atoms with Crippen molar-refractivity contribution in [3.63, 3.8) is 0 Å². The Morgan fingerprint density at radius 1 is 1.47 bits per heavy atom. The zero-order valence-corrected chi connectivity index (χ0v) is 10.9. The van der Waals surface area contributed by atoms with E-state index in [2.05, 4.69) is 10.2 Å². The maximum atomic E-state index is 11.9. The van der Waals surface area contributed by atoms with Gasteiger partial charge in [0.2, 0.25) is 0 Å². The molecule has 1 N–H and O–H groups in total. The molecular weight excluding hydrogens is 264 g/mol. The first-order chi connectivity index (χ1) is 9.11. The van der Waals surface area contributed by atoms with Crippen LogP contribution in [0.1, 0.15) is 15.9 Å². The summed E-state index contributed by atoms with van der Waals surface area (Å²) in [5, 5.41) is 15.2. The minimum Gasteiger partial charge on any atom is -0.293 e. The summed E-state index contributed by atoms with van der Waals surface area (Å²) in [7, 11) is 1.58. The fraction of sp³-hybridized carbons (Fsp3) is 0.167. The number of carbonyl (C=O) groups is 1. The van der Waals surface area contributed by atoms with Gasteiger partial charge in [0.25, 0.3) is 0 Å². The summed E-state index contributed by atoms with van der Waals surface area (Å²) in [6.07, 6.45) is 0. The number of nitrogens with one attached hydrogen (secondary N) is 1. The lowest BCUT2D eigenvalue weighted by molar-refractivity contribution is 0.102. The highest BCUT2D eigenvalue weighted by Crippen LogP contribution is 2.14. The van der Waals surface area contributed by atoms with Gasteiger partial charge in [0.15, 0.2) is 10.9 Å². The summed E-state index contributed by atoms with van der Waals surface area (Å²) in [5.74, 6) is 0.106. The molecule has 0 bridgehead atoms. The number of aromatic nitrogens is 3. The molecule has 7 heteroatoms. The van der Waals surface area contributed by atoms with Gasteiger partial charge in [0.1, 0.15) is 0 Å². The molecule has 19 heavy (non-hydrogen) atoms. The normalized spacial score (nSPS) is 10.1. The quantitative estimate of drug-likeness (QED) is 0.662. The molecule has 0 atom stereocenters. The Morgan fingerprint density at radius 2 is 2.16 bits per heavy atom. The number of carbonyl (C=O) groups excluding carboxylic acids is 1. The minimum absolute atomic E-state index is 0.0788. The maximum Gasteiger partial charge on any atom is 0.343 e. The van der Waals surface area contributed by atoms with Crippen LogP contribution in [-0.4, -0.2) is 26.3 Å². The molecule has 0 fully saturated rings. The largest absolute Gasteiger partial charge is 0.343 e. The standard InChI is InChI=1S/C12H10N4O2S/c1-16-11(18)14-15-12(16)19-7-10(17)9-4-2-8(6-13)3-5-9/h2-5H,7H2,1H3,(H,14,18). The molecule has 1 aromatic heterocycles. The van der Waals surface area contributed by atoms with Crippen LogP contribution in [-0.2, 0) is 7.05 Å². The van der Waals surface area contributed by atoms with Crippen LogP contribution in [0.2, 0.25) is 0 Å². The van der Waals surface area contributed by atoms with Gasteiger partial charge in [0.05, 0.1) is 17.4 Å². The van der Waals surface area contributed by atoms with Crippen LogP contribution in [0.25, 0.3) is 0 Å². The summed E-state index contributed by atoms with van der Waals surface area (Å²) in [5.41, 5.74) is 0.735. The average Bonchev–Trinajstić information content (AvgIpc) is 2.76. The molecule has 2 rings (SSSR count). The van der Waals surface area contributed by atoms with Gasteiger partial charge in [-0.15, -0.1) is 5.10 Å². The lowest BCUT2D eigenvalue weighted by Gasteiger charge is -2.00. The molecule has 6 nitrogen and oxygen atoms in total. The summed E-state index contributed by atoms with van der Waals surface area (Å²) < 4.78 is 1.34. The molecule has 2 aromatic rings. The highest BCUT2D eigenvalue weighted by molar-refractivity contribution is 7.99. The van der Waals surface area contributed by atoms with E-state index in [1.54, 1.807) is 31.3 Å². The van der Waals surface area contributed by atoms with Crippen molar-refractivity contribution in [2.45, 2.75) is 5.16 Å². The molecule has 96 valence electrons. The third-order valence-electron chi connectivity index (χ3n) is 2.51. The molecule has 0 unspecified atom stereocenters. The molecule has 0 amide bonds. The average molecular weight is 274 g/mol. The highest BCUT2D eigenvalue weighted by Gasteiger charge is 2.10. The van der Waals surface area contributed by atoms with Crippen LogP contribution in [0.4, 0.5) is 0 Å². The number of thioether (sulfide) groups is 1. The zero-order valence-electron chi connectivity index (χ0n) is 10.1. The van der Waals surface area contributed by atoms with Gasteiger partial charge >= 0.3 is 5.69 Å². The first kappa shape index (κ1) is 13.1. The van der Waals surface area contributed by atoms with Gasteiger partial charge < -0.3 is 0 Å². The Balaban J connectivity index is 2.03. The smallest absolute Gasteiger partial charge is 0.293 e. The van der Waals surface area contributed by atoms with Gasteiger partial charge in [-0.2, -0.15) is 5.26 Å². The number of H-pyrrole nitrogens is 1. The van der Waals surface area contributed by atoms with E-state index in [0.29, 0.717) is 16.3 Å². The third-order valence-corrected chi connectivity index (χ3v) is 3.54. The van der Waals surface area contributed by atoms with Crippen molar-refractivity contribution >= 4 is 17.5 Å². The lowest BCUT2D eigenvalue weighted by atomic mass is 10.1. The Morgan fingerprint density at radius 3 is 2.68 bits per heavy atom. The van der Waals surface area contributed by atoms with Crippen molar-refractivity contribution < 1.29 is 4.79 Å². The van der Waals surface area contributed by atoms with E-state index in [9.17, 15) is 9.59 Å². The number of benzene rings is 1. The van der Waals surface area contributed by atoms with Crippen molar-refractivity contribution in [3.05, 3.63) is 45.9 Å². The maximum absolute atomic E-state index is 11.9. The number of nitrogens with zero attached hydrogens (tertiary/aromatic N) is 3. The number of hydrogen-bond acceptors (Lipinski definition) is 5. The minimum atomic E-state index is -0.312. The molecular formula is C12H10N4O2S. The van der Waals surface area contributed by atoms with Crippen LogP contribution < -0.4 is 5.69 Å². The summed E-state index contributed by atoms with van der Waals surface area (Å²) in [4.78, 5) is 23.0. The Hall–Kier alpha value is -2.33. The van der Waals surface area contributed by atoms with Crippen molar-refractivity contribution in [1.29, 1.82) is 5.26 Å². The summed E-state index contributed by atoms with van der Waals surface area (Å²) in [6.45, 7) is 0. The van der Waals surface area contributed by atoms with E-state index < -0.39 is 0 Å². The SMILES string of the molecule is Cn1c(SCC(=O)c2ccc(C#N)cc2)n[nH]c1=O. The van der Waals surface area contributed by atoms with Crippen LogP contribution >= 0.6 is 11.8 Å². The highest BCUT2D eigenvalue weighted by atomic mass is 32.2. The van der Waals surface area contributed by atoms with Crippen LogP contribution in [0, 0.1) is 11.3 Å². The van der Waals surface area contributed by atoms with E-state index in [4.69, 9.17) is 5.26 Å². The van der Waals surface area contributed by atoms with Gasteiger partial charge in [-0.05, 0) is 12.1 Å². The Kier molecular flexibility index (Phi) is 3.82. The summed E-state index contributed by atoms with van der Waals surface area (Å²) >= 11 is 1.19. The van der Waals surface area contributed by atoms with Crippen LogP contribution in [0.3, 0.4) is 0 Å². The number of Topliss-reactive ketones (excluding diaryl/α,β-unsaturated/α-hetero) is 1. The predicted octanol–water partition coefficient (Wildman–Crippen LogP) is 0.955. The topological polar surface area (TPSA) is 91.5 Å². The molecule has 1 aromatic carbocycles. The molecule has 0 aliphatic carbocycles. The van der Waals surface area contributed by atoms with Crippen molar-refractivity contribution in [1.82, 2.24) is 14.8 Å². The Labute approximate surface area is 113 Å². The number of rotatable bonds is 4. The van der Waals surface area contributed by atoms with Crippen molar-refractivity contribution in [2.24, 2.45) is 7.05 Å². The van der Waals surface area contributed by atoms with E-state index >= 15 is 0 Å². The monoisotopic (exact) mass is 274 g/mol. The summed E-state index contributed by atoms with van der Waals surface area (Å²) in [6, 6.07) is 8.42. The lowest BCUT2D eigenvalue weighted by Crippen LogP contribution is -2.13. The van der Waals surface area contributed by atoms with Gasteiger partial charge in [-0.25, -0.2) is 9.89 Å². The van der Waals surface area contributed by atoms with Crippen molar-refractivity contribution in [2.75, 3.05) is 5.75 Å². The second-order valence-electron chi connectivity index (χ2n) is 3.77. The third kappa shape index (κ3) is 2.92. The molecule has 0 spiro atoms. The Bertz CT molecular complexity index is 694. The number of aromatic amines is 1. The van der Waals surface area contributed by atoms with Crippen LogP contribution in [0.5, 0.6) is 0 Å². The predicted molar refractivity (Wildman–Crippen MR) is 70.0 cm³/mol. The number of hydrogen-bond donors (Lipinski definition) is 1. The van der Waals surface area contributed by atoms with E-state index in [0.717, 1.165) is 0 Å². The molecule has 0 aliphatic rings. The first-order valence-electron chi connectivity index (χ1n) is 5.39. The van der Waals surface area contributed by atoms with Crippen molar-refractivity contribution in [3.8, 4) is 6.07 Å².